The number of piperazine rings is 1. The van der Waals surface area contributed by atoms with E-state index in [9.17, 15) is 9.18 Å². The Labute approximate surface area is 187 Å². The second-order valence-corrected chi connectivity index (χ2v) is 8.07. The van der Waals surface area contributed by atoms with Gasteiger partial charge in [-0.25, -0.2) is 9.18 Å². The molecule has 1 aliphatic heterocycles. The molecule has 0 radical (unpaired) electrons. The highest BCUT2D eigenvalue weighted by Gasteiger charge is 2.28. The molecule has 1 fully saturated rings. The van der Waals surface area contributed by atoms with Gasteiger partial charge in [0.15, 0.2) is 0 Å². The van der Waals surface area contributed by atoms with Crippen LogP contribution in [0.1, 0.15) is 22.7 Å². The van der Waals surface area contributed by atoms with Crippen molar-refractivity contribution in [2.45, 2.75) is 12.6 Å². The third-order valence-electron chi connectivity index (χ3n) is 5.66. The predicted octanol–water partition coefficient (Wildman–Crippen LogP) is 5.10. The summed E-state index contributed by atoms with van der Waals surface area (Å²) in [7, 11) is 0. The van der Waals surface area contributed by atoms with Gasteiger partial charge in [-0.1, -0.05) is 72.3 Å². The van der Waals surface area contributed by atoms with Crippen LogP contribution < -0.4 is 5.32 Å². The maximum Gasteiger partial charge on any atom is 0.317 e. The molecule has 160 valence electrons. The smallest absolute Gasteiger partial charge is 0.317 e. The zero-order valence-corrected chi connectivity index (χ0v) is 17.9. The first-order valence-corrected chi connectivity index (χ1v) is 10.8. The lowest BCUT2D eigenvalue weighted by Gasteiger charge is -2.39. The van der Waals surface area contributed by atoms with Gasteiger partial charge in [0.2, 0.25) is 0 Å². The molecule has 0 saturated carbocycles. The summed E-state index contributed by atoms with van der Waals surface area (Å²) in [4.78, 5) is 16.8. The Morgan fingerprint density at radius 2 is 1.48 bits per heavy atom. The lowest BCUT2D eigenvalue weighted by atomic mass is 9.96. The quantitative estimate of drug-likeness (QED) is 0.603. The van der Waals surface area contributed by atoms with Crippen molar-refractivity contribution < 1.29 is 9.18 Å². The van der Waals surface area contributed by atoms with Gasteiger partial charge in [-0.2, -0.15) is 0 Å². The van der Waals surface area contributed by atoms with Gasteiger partial charge in [0.1, 0.15) is 5.82 Å². The van der Waals surface area contributed by atoms with E-state index in [0.29, 0.717) is 23.7 Å². The van der Waals surface area contributed by atoms with E-state index < -0.39 is 0 Å². The van der Waals surface area contributed by atoms with E-state index in [1.165, 1.54) is 17.2 Å². The van der Waals surface area contributed by atoms with E-state index >= 15 is 0 Å². The molecule has 0 aromatic heterocycles. The number of urea groups is 1. The SMILES string of the molecule is O=C(NCc1ccccc1F)N1CCN([C@H](c2ccccc2)c2ccc(Cl)cc2)CC1. The van der Waals surface area contributed by atoms with E-state index in [4.69, 9.17) is 11.6 Å². The predicted molar refractivity (Wildman–Crippen MR) is 122 cm³/mol. The molecule has 0 aliphatic carbocycles. The summed E-state index contributed by atoms with van der Waals surface area (Å²) in [5.41, 5.74) is 2.87. The molecular formula is C25H25ClFN3O. The number of hydrogen-bond acceptors (Lipinski definition) is 2. The zero-order chi connectivity index (χ0) is 21.6. The average molecular weight is 438 g/mol. The lowest BCUT2D eigenvalue weighted by molar-refractivity contribution is 0.120. The number of hydrogen-bond donors (Lipinski definition) is 1. The van der Waals surface area contributed by atoms with Crippen LogP contribution in [0.2, 0.25) is 5.02 Å². The zero-order valence-electron chi connectivity index (χ0n) is 17.2. The van der Waals surface area contributed by atoms with Crippen molar-refractivity contribution in [1.82, 2.24) is 15.1 Å². The minimum absolute atomic E-state index is 0.0992. The largest absolute Gasteiger partial charge is 0.334 e. The first-order chi connectivity index (χ1) is 15.1. The first-order valence-electron chi connectivity index (χ1n) is 10.4. The van der Waals surface area contributed by atoms with Gasteiger partial charge in [0.25, 0.3) is 0 Å². The molecular weight excluding hydrogens is 413 g/mol. The number of nitrogens with one attached hydrogen (secondary N) is 1. The fourth-order valence-electron chi connectivity index (χ4n) is 4.00. The summed E-state index contributed by atoms with van der Waals surface area (Å²) in [6, 6.07) is 24.8. The summed E-state index contributed by atoms with van der Waals surface area (Å²) in [5, 5.41) is 3.55. The monoisotopic (exact) mass is 437 g/mol. The topological polar surface area (TPSA) is 35.6 Å². The Morgan fingerprint density at radius 1 is 0.871 bits per heavy atom. The van der Waals surface area contributed by atoms with E-state index in [2.05, 4.69) is 34.5 Å². The molecule has 0 spiro atoms. The molecule has 1 heterocycles. The molecule has 1 saturated heterocycles. The van der Waals surface area contributed by atoms with Gasteiger partial charge in [-0.05, 0) is 29.3 Å². The van der Waals surface area contributed by atoms with E-state index in [1.807, 2.05) is 30.3 Å². The number of carbonyl (C=O) groups excluding carboxylic acids is 1. The summed E-state index contributed by atoms with van der Waals surface area (Å²) < 4.78 is 13.8. The standard InChI is InChI=1S/C25H25ClFN3O/c26-22-12-10-20(11-13-22)24(19-6-2-1-3-7-19)29-14-16-30(17-15-29)25(31)28-18-21-8-4-5-9-23(21)27/h1-13,24H,14-18H2,(H,28,31)/t24-/m1/s1. The van der Waals surface area contributed by atoms with Crippen LogP contribution in [0.15, 0.2) is 78.9 Å². The minimum atomic E-state index is -0.304. The molecule has 6 heteroatoms. The molecule has 0 bridgehead atoms. The Bertz CT molecular complexity index is 1000. The second kappa shape index (κ2) is 9.94. The normalized spacial score (nSPS) is 15.5. The summed E-state index contributed by atoms with van der Waals surface area (Å²) in [6.07, 6.45) is 0. The number of nitrogens with zero attached hydrogens (tertiary/aromatic N) is 2. The van der Waals surface area contributed by atoms with E-state index in [0.717, 1.165) is 13.1 Å². The fourth-order valence-corrected chi connectivity index (χ4v) is 4.13. The molecule has 3 aromatic rings. The molecule has 2 amide bonds. The maximum atomic E-state index is 13.8. The highest BCUT2D eigenvalue weighted by molar-refractivity contribution is 6.30. The molecule has 4 rings (SSSR count). The van der Waals surface area contributed by atoms with Gasteiger partial charge in [0.05, 0.1) is 6.04 Å². The highest BCUT2D eigenvalue weighted by Crippen LogP contribution is 2.30. The number of amides is 2. The fraction of sp³-hybridized carbons (Fsp3) is 0.240. The van der Waals surface area contributed by atoms with Gasteiger partial charge in [-0.15, -0.1) is 0 Å². The van der Waals surface area contributed by atoms with Crippen LogP contribution >= 0.6 is 11.6 Å². The Morgan fingerprint density at radius 3 is 2.16 bits per heavy atom. The van der Waals surface area contributed by atoms with Crippen molar-refractivity contribution in [2.24, 2.45) is 0 Å². The van der Waals surface area contributed by atoms with Crippen LogP contribution in [0, 0.1) is 5.82 Å². The first kappa shape index (κ1) is 21.3. The van der Waals surface area contributed by atoms with Crippen molar-refractivity contribution in [3.05, 3.63) is 106 Å². The molecule has 31 heavy (non-hydrogen) atoms. The van der Waals surface area contributed by atoms with Gasteiger partial charge >= 0.3 is 6.03 Å². The van der Waals surface area contributed by atoms with Crippen molar-refractivity contribution in [3.63, 3.8) is 0 Å². The van der Waals surface area contributed by atoms with Crippen LogP contribution in [0.4, 0.5) is 9.18 Å². The lowest BCUT2D eigenvalue weighted by Crippen LogP contribution is -2.52. The average Bonchev–Trinajstić information content (AvgIpc) is 2.81. The Hall–Kier alpha value is -2.89. The van der Waals surface area contributed by atoms with Crippen LogP contribution in [0.3, 0.4) is 0 Å². The Balaban J connectivity index is 1.41. The van der Waals surface area contributed by atoms with Gasteiger partial charge in [0, 0.05) is 43.3 Å². The molecule has 1 aliphatic rings. The number of halogens is 2. The molecule has 4 nitrogen and oxygen atoms in total. The summed E-state index contributed by atoms with van der Waals surface area (Å²) >= 11 is 6.10. The number of rotatable bonds is 5. The third kappa shape index (κ3) is 5.24. The number of benzene rings is 3. The van der Waals surface area contributed by atoms with Gasteiger partial charge in [-0.3, -0.25) is 4.90 Å². The van der Waals surface area contributed by atoms with Crippen LogP contribution in [-0.2, 0) is 6.54 Å². The van der Waals surface area contributed by atoms with E-state index in [1.54, 1.807) is 23.1 Å². The van der Waals surface area contributed by atoms with Gasteiger partial charge < -0.3 is 10.2 Å². The van der Waals surface area contributed by atoms with E-state index in [-0.39, 0.29) is 24.4 Å². The van der Waals surface area contributed by atoms with Crippen molar-refractivity contribution in [1.29, 1.82) is 0 Å². The second-order valence-electron chi connectivity index (χ2n) is 7.64. The molecule has 1 atom stereocenters. The van der Waals surface area contributed by atoms with Crippen molar-refractivity contribution >= 4 is 17.6 Å². The van der Waals surface area contributed by atoms with Crippen molar-refractivity contribution in [3.8, 4) is 0 Å². The highest BCUT2D eigenvalue weighted by atomic mass is 35.5. The maximum absolute atomic E-state index is 13.8. The summed E-state index contributed by atoms with van der Waals surface area (Å²) in [6.45, 7) is 2.90. The molecule has 3 aromatic carbocycles. The summed E-state index contributed by atoms with van der Waals surface area (Å²) in [5.74, 6) is -0.304. The molecule has 1 N–H and O–H groups in total. The van der Waals surface area contributed by atoms with Crippen LogP contribution in [-0.4, -0.2) is 42.0 Å². The number of carbonyl (C=O) groups is 1. The Kier molecular flexibility index (Phi) is 6.85. The van der Waals surface area contributed by atoms with Crippen LogP contribution in [0.5, 0.6) is 0 Å². The van der Waals surface area contributed by atoms with Crippen molar-refractivity contribution in [2.75, 3.05) is 26.2 Å². The third-order valence-corrected chi connectivity index (χ3v) is 5.91. The molecule has 0 unspecified atom stereocenters. The minimum Gasteiger partial charge on any atom is -0.334 e. The van der Waals surface area contributed by atoms with Crippen LogP contribution in [0.25, 0.3) is 0 Å².